The minimum absolute atomic E-state index is 0.104. The number of aromatic nitrogens is 1. The number of rotatable bonds is 3. The van der Waals surface area contributed by atoms with E-state index in [-0.39, 0.29) is 5.54 Å². The van der Waals surface area contributed by atoms with Gasteiger partial charge in [-0.2, -0.15) is 0 Å². The van der Waals surface area contributed by atoms with Crippen LogP contribution in [-0.2, 0) is 0 Å². The fourth-order valence-electron chi connectivity index (χ4n) is 3.15. The van der Waals surface area contributed by atoms with E-state index >= 15 is 0 Å². The van der Waals surface area contributed by atoms with Gasteiger partial charge in [0.2, 0.25) is 0 Å². The van der Waals surface area contributed by atoms with Crippen LogP contribution in [0, 0.1) is 5.92 Å². The van der Waals surface area contributed by atoms with Crippen LogP contribution in [0.1, 0.15) is 28.9 Å². The van der Waals surface area contributed by atoms with E-state index in [9.17, 15) is 4.79 Å². The van der Waals surface area contributed by atoms with Crippen molar-refractivity contribution in [1.29, 1.82) is 0 Å². The Kier molecular flexibility index (Phi) is 4.16. The van der Waals surface area contributed by atoms with Crippen LogP contribution in [0.4, 0.5) is 5.82 Å². The lowest BCUT2D eigenvalue weighted by atomic mass is 9.98. The summed E-state index contributed by atoms with van der Waals surface area (Å²) < 4.78 is 0. The molecule has 5 nitrogen and oxygen atoms in total. The number of thiophene rings is 1. The Morgan fingerprint density at radius 3 is 2.86 bits per heavy atom. The Labute approximate surface area is 134 Å². The third-order valence-electron chi connectivity index (χ3n) is 4.66. The number of nitrogens with two attached hydrogens (primary N) is 2. The fraction of sp³-hybridized carbons (Fsp3) is 0.500. The van der Waals surface area contributed by atoms with Crippen LogP contribution in [0.25, 0.3) is 10.2 Å². The van der Waals surface area contributed by atoms with Gasteiger partial charge in [-0.3, -0.25) is 4.79 Å². The van der Waals surface area contributed by atoms with E-state index in [1.165, 1.54) is 37.6 Å². The molecule has 4 rings (SSSR count). The van der Waals surface area contributed by atoms with Crippen molar-refractivity contribution in [2.24, 2.45) is 17.4 Å². The highest BCUT2D eigenvalue weighted by Gasteiger charge is 2.48. The molecule has 0 amide bonds. The molecule has 0 spiro atoms. The van der Waals surface area contributed by atoms with Crippen LogP contribution in [-0.4, -0.2) is 36.9 Å². The first-order valence-electron chi connectivity index (χ1n) is 7.65. The van der Waals surface area contributed by atoms with Gasteiger partial charge < -0.3 is 16.4 Å². The summed E-state index contributed by atoms with van der Waals surface area (Å²) >= 11 is 1.46. The highest BCUT2D eigenvalue weighted by atomic mass is 32.1. The van der Waals surface area contributed by atoms with E-state index in [0.717, 1.165) is 40.3 Å². The second kappa shape index (κ2) is 5.95. The molecule has 1 saturated carbocycles. The molecule has 0 bridgehead atoms. The lowest BCUT2D eigenvalue weighted by Crippen LogP contribution is -2.34. The predicted octanol–water partition coefficient (Wildman–Crippen LogP) is 2.00. The van der Waals surface area contributed by atoms with Crippen LogP contribution < -0.4 is 16.4 Å². The summed E-state index contributed by atoms with van der Waals surface area (Å²) in [6, 6.07) is 6.02. The third-order valence-corrected chi connectivity index (χ3v) is 5.63. The van der Waals surface area contributed by atoms with Gasteiger partial charge in [-0.15, -0.1) is 11.3 Å². The van der Waals surface area contributed by atoms with Gasteiger partial charge in [0, 0.05) is 24.0 Å². The molecule has 6 heteroatoms. The van der Waals surface area contributed by atoms with Gasteiger partial charge in [0.1, 0.15) is 10.6 Å². The second-order valence-electron chi connectivity index (χ2n) is 6.00. The highest BCUT2D eigenvalue weighted by Crippen LogP contribution is 2.44. The molecule has 1 saturated heterocycles. The molecule has 2 fully saturated rings. The molecular formula is C16H22N4OS. The van der Waals surface area contributed by atoms with Crippen molar-refractivity contribution in [3.05, 3.63) is 23.1 Å². The Morgan fingerprint density at radius 2 is 2.18 bits per heavy atom. The van der Waals surface area contributed by atoms with Gasteiger partial charge in [-0.1, -0.05) is 0 Å². The second-order valence-corrected chi connectivity index (χ2v) is 7.06. The number of aldehydes is 1. The van der Waals surface area contributed by atoms with Crippen LogP contribution in [0.3, 0.4) is 0 Å². The SMILES string of the molecule is CN.NC1(C2CCN(c3ccc4cc(C=O)sc4n3)C2)CC1. The molecule has 0 radical (unpaired) electrons. The van der Waals surface area contributed by atoms with Crippen LogP contribution in [0.15, 0.2) is 18.2 Å². The molecule has 0 aromatic carbocycles. The fourth-order valence-corrected chi connectivity index (χ4v) is 3.99. The largest absolute Gasteiger partial charge is 0.356 e. The number of fused-ring (bicyclic) bond motifs is 1. The summed E-state index contributed by atoms with van der Waals surface area (Å²) in [4.78, 5) is 19.6. The Morgan fingerprint density at radius 1 is 1.41 bits per heavy atom. The summed E-state index contributed by atoms with van der Waals surface area (Å²) in [5.74, 6) is 1.62. The van der Waals surface area contributed by atoms with Crippen LogP contribution in [0.2, 0.25) is 0 Å². The molecular weight excluding hydrogens is 296 g/mol. The lowest BCUT2D eigenvalue weighted by Gasteiger charge is -2.20. The standard InChI is InChI=1S/C15H17N3OS.CH5N/c16-15(4-5-15)11-3-6-18(8-11)13-2-1-10-7-12(9-19)20-14(10)17-13;1-2/h1-2,7,9,11H,3-6,8,16H2;2H2,1H3. The number of nitrogens with zero attached hydrogens (tertiary/aromatic N) is 2. The molecule has 1 atom stereocenters. The molecule has 4 N–H and O–H groups in total. The summed E-state index contributed by atoms with van der Waals surface area (Å²) in [5.41, 5.74) is 10.9. The first-order valence-corrected chi connectivity index (χ1v) is 8.47. The van der Waals surface area contributed by atoms with Gasteiger partial charge in [0.05, 0.1) is 4.88 Å². The van der Waals surface area contributed by atoms with Crippen molar-refractivity contribution in [1.82, 2.24) is 4.98 Å². The predicted molar refractivity (Wildman–Crippen MR) is 91.6 cm³/mol. The molecule has 118 valence electrons. The molecule has 2 aliphatic rings. The Bertz CT molecular complexity index is 680. The number of anilines is 1. The van der Waals surface area contributed by atoms with Crippen LogP contribution >= 0.6 is 11.3 Å². The quantitative estimate of drug-likeness (QED) is 0.846. The summed E-state index contributed by atoms with van der Waals surface area (Å²) in [5, 5.41) is 1.05. The van der Waals surface area contributed by atoms with Gasteiger partial charge in [-0.25, -0.2) is 4.98 Å². The third kappa shape index (κ3) is 2.74. The smallest absolute Gasteiger partial charge is 0.160 e. The van der Waals surface area contributed by atoms with Crippen molar-refractivity contribution in [3.63, 3.8) is 0 Å². The van der Waals surface area contributed by atoms with E-state index in [1.54, 1.807) is 0 Å². The van der Waals surface area contributed by atoms with E-state index in [2.05, 4.69) is 22.8 Å². The van der Waals surface area contributed by atoms with Crippen molar-refractivity contribution in [2.45, 2.75) is 24.8 Å². The van der Waals surface area contributed by atoms with Gasteiger partial charge in [0.25, 0.3) is 0 Å². The molecule has 2 aromatic heterocycles. The zero-order valence-corrected chi connectivity index (χ0v) is 13.6. The normalized spacial score (nSPS) is 22.3. The maximum atomic E-state index is 10.8. The minimum atomic E-state index is 0.104. The Hall–Kier alpha value is -1.50. The zero-order valence-electron chi connectivity index (χ0n) is 12.8. The summed E-state index contributed by atoms with van der Waals surface area (Å²) in [6.45, 7) is 2.05. The molecule has 1 aliphatic carbocycles. The van der Waals surface area contributed by atoms with Crippen molar-refractivity contribution in [3.8, 4) is 0 Å². The number of carbonyl (C=O) groups is 1. The van der Waals surface area contributed by atoms with Gasteiger partial charge in [0.15, 0.2) is 6.29 Å². The maximum absolute atomic E-state index is 10.8. The molecule has 1 unspecified atom stereocenters. The minimum Gasteiger partial charge on any atom is -0.356 e. The molecule has 22 heavy (non-hydrogen) atoms. The number of hydrogen-bond donors (Lipinski definition) is 2. The molecule has 3 heterocycles. The van der Waals surface area contributed by atoms with Crippen LogP contribution in [0.5, 0.6) is 0 Å². The monoisotopic (exact) mass is 318 g/mol. The summed E-state index contributed by atoms with van der Waals surface area (Å²) in [6.07, 6.45) is 4.40. The molecule has 1 aliphatic heterocycles. The van der Waals surface area contributed by atoms with E-state index < -0.39 is 0 Å². The van der Waals surface area contributed by atoms with E-state index in [4.69, 9.17) is 10.7 Å². The molecule has 2 aromatic rings. The van der Waals surface area contributed by atoms with Gasteiger partial charge in [-0.05, 0) is 50.4 Å². The van der Waals surface area contributed by atoms with Crippen molar-refractivity contribution in [2.75, 3.05) is 25.0 Å². The highest BCUT2D eigenvalue weighted by molar-refractivity contribution is 7.20. The number of hydrogen-bond acceptors (Lipinski definition) is 6. The lowest BCUT2D eigenvalue weighted by molar-refractivity contribution is 0.112. The topological polar surface area (TPSA) is 85.2 Å². The number of carbonyl (C=O) groups excluding carboxylic acids is 1. The average molecular weight is 318 g/mol. The summed E-state index contributed by atoms with van der Waals surface area (Å²) in [7, 11) is 1.50. The zero-order chi connectivity index (χ0) is 15.7. The van der Waals surface area contributed by atoms with Crippen molar-refractivity contribution >= 4 is 33.7 Å². The van der Waals surface area contributed by atoms with E-state index in [1.807, 2.05) is 6.07 Å². The van der Waals surface area contributed by atoms with Gasteiger partial charge >= 0.3 is 0 Å². The van der Waals surface area contributed by atoms with E-state index in [0.29, 0.717) is 5.92 Å². The Balaban J connectivity index is 0.000000693. The van der Waals surface area contributed by atoms with Crippen molar-refractivity contribution < 1.29 is 4.79 Å². The number of pyridine rings is 1. The first kappa shape index (κ1) is 15.4. The first-order chi connectivity index (χ1) is 10.7. The average Bonchev–Trinajstić information content (AvgIpc) is 2.99. The maximum Gasteiger partial charge on any atom is 0.160 e.